The Hall–Kier alpha value is -1.04. The van der Waals surface area contributed by atoms with E-state index < -0.39 is 0 Å². The van der Waals surface area contributed by atoms with Crippen LogP contribution in [0, 0.1) is 6.92 Å². The van der Waals surface area contributed by atoms with Crippen LogP contribution in [0.15, 0.2) is 30.3 Å². The normalized spacial score (nSPS) is 10.8. The molecule has 0 radical (unpaired) electrons. The Bertz CT molecular complexity index is 258. The summed E-state index contributed by atoms with van der Waals surface area (Å²) in [5, 5.41) is 0. The number of allylic oxidation sites excluding steroid dienone is 1. The van der Waals surface area contributed by atoms with Crippen molar-refractivity contribution >= 4 is 6.08 Å². The number of benzene rings is 1. The van der Waals surface area contributed by atoms with E-state index in [4.69, 9.17) is 0 Å². The zero-order valence-corrected chi connectivity index (χ0v) is 7.88. The molecule has 0 aromatic heterocycles. The highest BCUT2D eigenvalue weighted by molar-refractivity contribution is 5.49. The van der Waals surface area contributed by atoms with Gasteiger partial charge in [-0.2, -0.15) is 0 Å². The number of rotatable bonds is 3. The van der Waals surface area contributed by atoms with Crippen LogP contribution in [-0.2, 0) is 0 Å². The van der Waals surface area contributed by atoms with Crippen LogP contribution in [0.4, 0.5) is 0 Å². The van der Waals surface area contributed by atoms with Gasteiger partial charge in [-0.15, -0.1) is 0 Å². The SMILES string of the molecule is CCC/C=C/c1cccc(C)c1. The molecule has 12 heavy (non-hydrogen) atoms. The van der Waals surface area contributed by atoms with Crippen molar-refractivity contribution in [1.82, 2.24) is 0 Å². The van der Waals surface area contributed by atoms with E-state index in [9.17, 15) is 0 Å². The predicted molar refractivity (Wildman–Crippen MR) is 55.1 cm³/mol. The molecule has 1 aromatic carbocycles. The molecule has 64 valence electrons. The average Bonchev–Trinajstić information content (AvgIpc) is 2.05. The Morgan fingerprint density at radius 1 is 1.33 bits per heavy atom. The summed E-state index contributed by atoms with van der Waals surface area (Å²) in [4.78, 5) is 0. The summed E-state index contributed by atoms with van der Waals surface area (Å²) in [5.74, 6) is 0. The van der Waals surface area contributed by atoms with Crippen LogP contribution >= 0.6 is 0 Å². The van der Waals surface area contributed by atoms with E-state index >= 15 is 0 Å². The summed E-state index contributed by atoms with van der Waals surface area (Å²) >= 11 is 0. The number of unbranched alkanes of at least 4 members (excludes halogenated alkanes) is 1. The van der Waals surface area contributed by atoms with Gasteiger partial charge in [-0.25, -0.2) is 0 Å². The van der Waals surface area contributed by atoms with Crippen LogP contribution in [0.25, 0.3) is 6.08 Å². The van der Waals surface area contributed by atoms with Crippen LogP contribution in [0.1, 0.15) is 30.9 Å². The van der Waals surface area contributed by atoms with Crippen molar-refractivity contribution in [2.75, 3.05) is 0 Å². The highest BCUT2D eigenvalue weighted by Gasteiger charge is 1.85. The van der Waals surface area contributed by atoms with Crippen LogP contribution in [0.3, 0.4) is 0 Å². The zero-order chi connectivity index (χ0) is 8.81. The van der Waals surface area contributed by atoms with Gasteiger partial charge < -0.3 is 0 Å². The highest BCUT2D eigenvalue weighted by Crippen LogP contribution is 2.06. The molecule has 0 N–H and O–H groups in total. The second kappa shape index (κ2) is 4.76. The van der Waals surface area contributed by atoms with Crippen LogP contribution < -0.4 is 0 Å². The largest absolute Gasteiger partial charge is 0.0840 e. The standard InChI is InChI=1S/C12H16/c1-3-4-5-8-12-9-6-7-11(2)10-12/h5-10H,3-4H2,1-2H3/b8-5+. The predicted octanol–water partition coefficient (Wildman–Crippen LogP) is 3.81. The molecule has 0 atom stereocenters. The Morgan fingerprint density at radius 2 is 2.17 bits per heavy atom. The summed E-state index contributed by atoms with van der Waals surface area (Å²) in [6, 6.07) is 8.56. The first kappa shape index (κ1) is 9.05. The maximum absolute atomic E-state index is 2.23. The van der Waals surface area contributed by atoms with Crippen molar-refractivity contribution in [2.45, 2.75) is 26.7 Å². The molecule has 0 saturated carbocycles. The average molecular weight is 160 g/mol. The summed E-state index contributed by atoms with van der Waals surface area (Å²) in [7, 11) is 0. The third kappa shape index (κ3) is 2.91. The number of hydrogen-bond donors (Lipinski definition) is 0. The van der Waals surface area contributed by atoms with Crippen LogP contribution in [0.5, 0.6) is 0 Å². The minimum absolute atomic E-state index is 1.17. The van der Waals surface area contributed by atoms with E-state index in [1.807, 2.05) is 0 Å². The first-order valence-corrected chi connectivity index (χ1v) is 4.56. The molecule has 1 aromatic rings. The van der Waals surface area contributed by atoms with Gasteiger partial charge in [0.2, 0.25) is 0 Å². The Morgan fingerprint density at radius 3 is 2.83 bits per heavy atom. The molecule has 0 nitrogen and oxygen atoms in total. The smallest absolute Gasteiger partial charge is 0.0257 e. The molecule has 0 fully saturated rings. The molecule has 1 rings (SSSR count). The third-order valence-electron chi connectivity index (χ3n) is 1.81. The lowest BCUT2D eigenvalue weighted by Crippen LogP contribution is -1.74. The Kier molecular flexibility index (Phi) is 3.59. The summed E-state index contributed by atoms with van der Waals surface area (Å²) in [5.41, 5.74) is 2.64. The lowest BCUT2D eigenvalue weighted by molar-refractivity contribution is 0.962. The Labute approximate surface area is 74.9 Å². The third-order valence-corrected chi connectivity index (χ3v) is 1.81. The fourth-order valence-electron chi connectivity index (χ4n) is 1.16. The molecule has 0 aliphatic heterocycles. The van der Waals surface area contributed by atoms with E-state index in [1.165, 1.54) is 24.0 Å². The summed E-state index contributed by atoms with van der Waals surface area (Å²) < 4.78 is 0. The zero-order valence-electron chi connectivity index (χ0n) is 7.88. The monoisotopic (exact) mass is 160 g/mol. The molecule has 0 heteroatoms. The first-order valence-electron chi connectivity index (χ1n) is 4.56. The van der Waals surface area contributed by atoms with Gasteiger partial charge in [0.15, 0.2) is 0 Å². The van der Waals surface area contributed by atoms with Crippen molar-refractivity contribution < 1.29 is 0 Å². The second-order valence-corrected chi connectivity index (χ2v) is 3.11. The van der Waals surface area contributed by atoms with Gasteiger partial charge in [0.1, 0.15) is 0 Å². The fraction of sp³-hybridized carbons (Fsp3) is 0.333. The first-order chi connectivity index (χ1) is 5.83. The van der Waals surface area contributed by atoms with E-state index in [0.717, 1.165) is 0 Å². The molecular weight excluding hydrogens is 144 g/mol. The molecule has 0 saturated heterocycles. The fourth-order valence-corrected chi connectivity index (χ4v) is 1.16. The molecule has 0 heterocycles. The topological polar surface area (TPSA) is 0 Å². The van der Waals surface area contributed by atoms with E-state index in [2.05, 4.69) is 50.3 Å². The van der Waals surface area contributed by atoms with Gasteiger partial charge in [-0.05, 0) is 18.9 Å². The minimum atomic E-state index is 1.17. The van der Waals surface area contributed by atoms with Crippen molar-refractivity contribution in [3.8, 4) is 0 Å². The molecule has 0 bridgehead atoms. The lowest BCUT2D eigenvalue weighted by atomic mass is 10.1. The van der Waals surface area contributed by atoms with Crippen LogP contribution in [0.2, 0.25) is 0 Å². The molecule has 0 aliphatic carbocycles. The summed E-state index contributed by atoms with van der Waals surface area (Å²) in [6.45, 7) is 4.32. The molecule has 0 amide bonds. The van der Waals surface area contributed by atoms with Gasteiger partial charge in [-0.1, -0.05) is 55.3 Å². The van der Waals surface area contributed by atoms with E-state index in [-0.39, 0.29) is 0 Å². The second-order valence-electron chi connectivity index (χ2n) is 3.11. The van der Waals surface area contributed by atoms with Crippen molar-refractivity contribution in [3.05, 3.63) is 41.5 Å². The van der Waals surface area contributed by atoms with Gasteiger partial charge in [0.25, 0.3) is 0 Å². The van der Waals surface area contributed by atoms with Crippen molar-refractivity contribution in [2.24, 2.45) is 0 Å². The lowest BCUT2D eigenvalue weighted by Gasteiger charge is -1.94. The summed E-state index contributed by atoms with van der Waals surface area (Å²) in [6.07, 6.45) is 6.82. The quantitative estimate of drug-likeness (QED) is 0.630. The van der Waals surface area contributed by atoms with Gasteiger partial charge in [0.05, 0.1) is 0 Å². The van der Waals surface area contributed by atoms with Crippen molar-refractivity contribution in [3.63, 3.8) is 0 Å². The van der Waals surface area contributed by atoms with Gasteiger partial charge in [-0.3, -0.25) is 0 Å². The molecule has 0 unspecified atom stereocenters. The maximum Gasteiger partial charge on any atom is -0.0257 e. The number of hydrogen-bond acceptors (Lipinski definition) is 0. The van der Waals surface area contributed by atoms with Gasteiger partial charge >= 0.3 is 0 Å². The van der Waals surface area contributed by atoms with Gasteiger partial charge in [0, 0.05) is 0 Å². The van der Waals surface area contributed by atoms with E-state index in [1.54, 1.807) is 0 Å². The molecule has 0 spiro atoms. The van der Waals surface area contributed by atoms with Crippen molar-refractivity contribution in [1.29, 1.82) is 0 Å². The maximum atomic E-state index is 2.23. The molecule has 0 aliphatic rings. The molecular formula is C12H16. The number of aryl methyl sites for hydroxylation is 1. The highest BCUT2D eigenvalue weighted by atomic mass is 13.9. The minimum Gasteiger partial charge on any atom is -0.0840 e. The van der Waals surface area contributed by atoms with Crippen LogP contribution in [-0.4, -0.2) is 0 Å². The van der Waals surface area contributed by atoms with E-state index in [0.29, 0.717) is 0 Å². The Balaban J connectivity index is 2.63.